The van der Waals surface area contributed by atoms with Crippen LogP contribution < -0.4 is 25.6 Å². The van der Waals surface area contributed by atoms with Gasteiger partial charge in [0.2, 0.25) is 17.7 Å². The van der Waals surface area contributed by atoms with Crippen LogP contribution in [-0.4, -0.2) is 76.6 Å². The molecule has 1 fully saturated rings. The lowest BCUT2D eigenvalue weighted by molar-refractivity contribution is -0.139. The summed E-state index contributed by atoms with van der Waals surface area (Å²) >= 11 is 1.25. The predicted molar refractivity (Wildman–Crippen MR) is 181 cm³/mol. The molecule has 1 aliphatic rings. The predicted octanol–water partition coefficient (Wildman–Crippen LogP) is 3.11. The Morgan fingerprint density at radius 2 is 1.48 bits per heavy atom. The molecule has 4 amide bonds. The summed E-state index contributed by atoms with van der Waals surface area (Å²) < 4.78 is 32.5. The van der Waals surface area contributed by atoms with Gasteiger partial charge in [-0.3, -0.25) is 24.0 Å². The van der Waals surface area contributed by atoms with Gasteiger partial charge in [0, 0.05) is 11.4 Å². The van der Waals surface area contributed by atoms with E-state index < -0.39 is 83.9 Å². The lowest BCUT2D eigenvalue weighted by Gasteiger charge is -2.47. The van der Waals surface area contributed by atoms with E-state index in [-0.39, 0.29) is 11.7 Å². The van der Waals surface area contributed by atoms with Gasteiger partial charge in [-0.15, -0.1) is 11.8 Å². The molecule has 3 aromatic rings. The SMILES string of the molecule is CC(C)(C)[C@@H](NC(=O)CNC(=O)COc1ccc([C@@H]2[C@@H](SC[C@H](O)c3ccc(F)cc3)C(=O)N2c2ccc(F)cc2)cc1)C(=O)NCC(=O)O. The van der Waals surface area contributed by atoms with Crippen LogP contribution in [0.15, 0.2) is 72.8 Å². The third-order valence-electron chi connectivity index (χ3n) is 7.72. The Balaban J connectivity index is 1.34. The van der Waals surface area contributed by atoms with Gasteiger partial charge < -0.3 is 35.8 Å². The number of aliphatic hydroxyl groups is 1. The first-order valence-corrected chi connectivity index (χ1v) is 16.6. The Bertz CT molecular complexity index is 1680. The molecule has 4 atom stereocenters. The number of ether oxygens (including phenoxy) is 1. The van der Waals surface area contributed by atoms with Crippen molar-refractivity contribution in [1.29, 1.82) is 0 Å². The molecule has 1 saturated heterocycles. The van der Waals surface area contributed by atoms with E-state index >= 15 is 0 Å². The number of nitrogens with zero attached hydrogens (tertiary/aromatic N) is 1. The standard InChI is InChI=1S/C35H38F2N4O8S/c1-35(2,3)32(33(47)39-17-29(45)46)40-27(43)16-38-28(44)18-49-25-14-6-21(7-15-25)30-31(34(48)41(30)24-12-10-23(37)11-13-24)50-19-26(42)20-4-8-22(36)9-5-20/h4-15,26,30-32,42H,16-19H2,1-3H3,(H,38,44)(H,39,47)(H,40,43)(H,45,46)/t26-,30+,31+,32-/m0/s1. The minimum atomic E-state index is -1.23. The molecule has 12 nitrogen and oxygen atoms in total. The number of nitrogens with one attached hydrogen (secondary N) is 3. The molecule has 1 aliphatic heterocycles. The first kappa shape index (κ1) is 37.8. The van der Waals surface area contributed by atoms with Crippen LogP contribution in [0.5, 0.6) is 5.75 Å². The summed E-state index contributed by atoms with van der Waals surface area (Å²) in [6.07, 6.45) is -0.940. The zero-order chi connectivity index (χ0) is 36.6. The molecule has 0 unspecified atom stereocenters. The monoisotopic (exact) mass is 712 g/mol. The number of rotatable bonds is 15. The van der Waals surface area contributed by atoms with Gasteiger partial charge in [-0.2, -0.15) is 0 Å². The van der Waals surface area contributed by atoms with E-state index in [0.29, 0.717) is 17.0 Å². The summed E-state index contributed by atoms with van der Waals surface area (Å²) in [6.45, 7) is 3.59. The molecular formula is C35H38F2N4O8S. The van der Waals surface area contributed by atoms with E-state index in [4.69, 9.17) is 9.84 Å². The van der Waals surface area contributed by atoms with Gasteiger partial charge >= 0.3 is 5.97 Å². The molecule has 15 heteroatoms. The second kappa shape index (κ2) is 16.6. The van der Waals surface area contributed by atoms with E-state index in [1.165, 1.54) is 65.2 Å². The molecule has 0 aliphatic carbocycles. The maximum absolute atomic E-state index is 13.6. The van der Waals surface area contributed by atoms with Gasteiger partial charge in [0.15, 0.2) is 6.61 Å². The molecule has 0 aromatic heterocycles. The van der Waals surface area contributed by atoms with Crippen molar-refractivity contribution in [2.75, 3.05) is 30.3 Å². The fourth-order valence-corrected chi connectivity index (χ4v) is 6.41. The highest BCUT2D eigenvalue weighted by molar-refractivity contribution is 8.00. The molecule has 0 bridgehead atoms. The van der Waals surface area contributed by atoms with Crippen LogP contribution in [0, 0.1) is 17.0 Å². The number of benzene rings is 3. The number of carboxylic acid groups (broad SMARTS) is 1. The quantitative estimate of drug-likeness (QED) is 0.148. The summed E-state index contributed by atoms with van der Waals surface area (Å²) in [7, 11) is 0. The number of hydrogen-bond donors (Lipinski definition) is 5. The molecule has 0 saturated carbocycles. The van der Waals surface area contributed by atoms with Gasteiger partial charge in [-0.25, -0.2) is 8.78 Å². The first-order valence-electron chi connectivity index (χ1n) is 15.6. The zero-order valence-corrected chi connectivity index (χ0v) is 28.3. The van der Waals surface area contributed by atoms with E-state index in [1.54, 1.807) is 45.0 Å². The highest BCUT2D eigenvalue weighted by Gasteiger charge is 2.49. The van der Waals surface area contributed by atoms with Gasteiger partial charge in [-0.05, 0) is 65.1 Å². The molecule has 1 heterocycles. The summed E-state index contributed by atoms with van der Waals surface area (Å²) in [5.41, 5.74) is 0.980. The van der Waals surface area contributed by atoms with Crippen LogP contribution in [0.2, 0.25) is 0 Å². The highest BCUT2D eigenvalue weighted by atomic mass is 32.2. The molecule has 266 valence electrons. The number of carbonyl (C=O) groups excluding carboxylic acids is 4. The number of carbonyl (C=O) groups is 5. The van der Waals surface area contributed by atoms with Crippen LogP contribution in [0.1, 0.15) is 44.0 Å². The van der Waals surface area contributed by atoms with E-state index in [9.17, 15) is 37.9 Å². The summed E-state index contributed by atoms with van der Waals surface area (Å²) in [5.74, 6) is -3.80. The van der Waals surface area contributed by atoms with Gasteiger partial charge in [-0.1, -0.05) is 45.0 Å². The van der Waals surface area contributed by atoms with E-state index in [1.807, 2.05) is 0 Å². The van der Waals surface area contributed by atoms with Crippen molar-refractivity contribution in [1.82, 2.24) is 16.0 Å². The maximum atomic E-state index is 13.6. The van der Waals surface area contributed by atoms with Gasteiger partial charge in [0.25, 0.3) is 5.91 Å². The average Bonchev–Trinajstić information content (AvgIpc) is 3.07. The lowest BCUT2D eigenvalue weighted by Crippen LogP contribution is -2.57. The van der Waals surface area contributed by atoms with Crippen molar-refractivity contribution in [3.05, 3.63) is 95.6 Å². The minimum Gasteiger partial charge on any atom is -0.484 e. The fraction of sp³-hybridized carbons (Fsp3) is 0.343. The number of anilines is 1. The summed E-state index contributed by atoms with van der Waals surface area (Å²) in [4.78, 5) is 63.0. The second-order valence-electron chi connectivity index (χ2n) is 12.6. The van der Waals surface area contributed by atoms with Crippen molar-refractivity contribution in [3.8, 4) is 5.75 Å². The summed E-state index contributed by atoms with van der Waals surface area (Å²) in [6, 6.07) is 16.1. The Hall–Kier alpha value is -5.02. The number of halogens is 2. The molecule has 0 spiro atoms. The number of carboxylic acids is 1. The number of thioether (sulfide) groups is 1. The van der Waals surface area contributed by atoms with E-state index in [0.717, 1.165) is 5.56 Å². The van der Waals surface area contributed by atoms with Crippen molar-refractivity contribution in [3.63, 3.8) is 0 Å². The first-order chi connectivity index (χ1) is 23.6. The Kier molecular flexibility index (Phi) is 12.5. The van der Waals surface area contributed by atoms with Crippen LogP contribution in [0.25, 0.3) is 0 Å². The number of hydrogen-bond acceptors (Lipinski definition) is 8. The normalized spacial score (nSPS) is 16.8. The van der Waals surface area contributed by atoms with Crippen LogP contribution in [0.4, 0.5) is 14.5 Å². The van der Waals surface area contributed by atoms with Gasteiger partial charge in [0.1, 0.15) is 35.2 Å². The number of amides is 4. The van der Waals surface area contributed by atoms with Crippen LogP contribution in [-0.2, 0) is 24.0 Å². The summed E-state index contributed by atoms with van der Waals surface area (Å²) in [5, 5.41) is 26.0. The molecule has 50 heavy (non-hydrogen) atoms. The van der Waals surface area contributed by atoms with Gasteiger partial charge in [0.05, 0.1) is 18.7 Å². The third kappa shape index (κ3) is 10.0. The third-order valence-corrected chi connectivity index (χ3v) is 9.05. The Morgan fingerprint density at radius 1 is 0.880 bits per heavy atom. The fourth-order valence-electron chi connectivity index (χ4n) is 5.11. The molecule has 5 N–H and O–H groups in total. The van der Waals surface area contributed by atoms with Crippen molar-refractivity contribution in [2.45, 2.75) is 44.2 Å². The number of aliphatic carboxylic acids is 1. The molecule has 0 radical (unpaired) electrons. The topological polar surface area (TPSA) is 174 Å². The van der Waals surface area contributed by atoms with Crippen LogP contribution in [0.3, 0.4) is 0 Å². The number of aliphatic hydroxyl groups excluding tert-OH is 1. The zero-order valence-electron chi connectivity index (χ0n) is 27.5. The lowest BCUT2D eigenvalue weighted by atomic mass is 9.86. The van der Waals surface area contributed by atoms with E-state index in [2.05, 4.69) is 16.0 Å². The average molecular weight is 713 g/mol. The largest absolute Gasteiger partial charge is 0.484 e. The van der Waals surface area contributed by atoms with Crippen molar-refractivity contribution >= 4 is 47.0 Å². The maximum Gasteiger partial charge on any atom is 0.322 e. The second-order valence-corrected chi connectivity index (χ2v) is 13.7. The molecule has 4 rings (SSSR count). The Morgan fingerprint density at radius 3 is 2.06 bits per heavy atom. The molecular weight excluding hydrogens is 674 g/mol. The van der Waals surface area contributed by atoms with Crippen molar-refractivity contribution < 1.29 is 47.7 Å². The number of β-lactam (4-membered cyclic amide) rings is 1. The molecule has 3 aromatic carbocycles. The smallest absolute Gasteiger partial charge is 0.322 e. The Labute approximate surface area is 291 Å². The highest BCUT2D eigenvalue weighted by Crippen LogP contribution is 2.46. The minimum absolute atomic E-state index is 0.166. The van der Waals surface area contributed by atoms with Crippen LogP contribution >= 0.6 is 11.8 Å². The van der Waals surface area contributed by atoms with Crippen molar-refractivity contribution in [2.24, 2.45) is 5.41 Å².